The van der Waals surface area contributed by atoms with Crippen molar-refractivity contribution in [1.29, 1.82) is 0 Å². The molecule has 2 aromatic rings. The number of hydrogen-bond donors (Lipinski definition) is 1. The molecule has 5 nitrogen and oxygen atoms in total. The van der Waals surface area contributed by atoms with Gasteiger partial charge in [0.1, 0.15) is 5.82 Å². The van der Waals surface area contributed by atoms with E-state index in [1.807, 2.05) is 6.92 Å². The molecule has 160 valence electrons. The van der Waals surface area contributed by atoms with E-state index in [4.69, 9.17) is 4.98 Å². The van der Waals surface area contributed by atoms with E-state index in [0.717, 1.165) is 51.0 Å². The van der Waals surface area contributed by atoms with Crippen LogP contribution in [0.4, 0.5) is 13.2 Å². The molecule has 1 unspecified atom stereocenters. The number of halogens is 3. The summed E-state index contributed by atoms with van der Waals surface area (Å²) in [5.74, 6) is 0.654. The Balaban J connectivity index is 2.11. The Labute approximate surface area is 168 Å². The van der Waals surface area contributed by atoms with Crippen LogP contribution in [0.15, 0.2) is 23.0 Å². The summed E-state index contributed by atoms with van der Waals surface area (Å²) in [6, 6.07) is 3.64. The number of benzene rings is 1. The first kappa shape index (κ1) is 21.8. The van der Waals surface area contributed by atoms with Crippen molar-refractivity contribution in [3.8, 4) is 0 Å². The van der Waals surface area contributed by atoms with Gasteiger partial charge in [0.15, 0.2) is 0 Å². The van der Waals surface area contributed by atoms with Crippen molar-refractivity contribution in [3.63, 3.8) is 0 Å². The van der Waals surface area contributed by atoms with E-state index in [1.54, 1.807) is 4.57 Å². The summed E-state index contributed by atoms with van der Waals surface area (Å²) in [6.07, 6.45) is -1.72. The van der Waals surface area contributed by atoms with Gasteiger partial charge in [0.2, 0.25) is 0 Å². The lowest BCUT2D eigenvalue weighted by Crippen LogP contribution is -2.37. The quantitative estimate of drug-likeness (QED) is 0.811. The van der Waals surface area contributed by atoms with Crippen LogP contribution in [0.1, 0.15) is 57.5 Å². The molecule has 0 aliphatic carbocycles. The van der Waals surface area contributed by atoms with Gasteiger partial charge in [0, 0.05) is 32.2 Å². The van der Waals surface area contributed by atoms with Crippen LogP contribution in [0.25, 0.3) is 10.9 Å². The summed E-state index contributed by atoms with van der Waals surface area (Å²) in [4.78, 5) is 20.2. The molecule has 1 aromatic heterocycles. The summed E-state index contributed by atoms with van der Waals surface area (Å²) in [7, 11) is 0. The second kappa shape index (κ2) is 8.83. The molecule has 2 atom stereocenters. The third kappa shape index (κ3) is 4.64. The number of nitrogens with zero attached hydrogens (tertiary/aromatic N) is 3. The van der Waals surface area contributed by atoms with Gasteiger partial charge in [-0.1, -0.05) is 13.3 Å². The first-order valence-corrected chi connectivity index (χ1v) is 10.3. The molecule has 2 heterocycles. The normalized spacial score (nSPS) is 20.0. The number of aromatic nitrogens is 2. The van der Waals surface area contributed by atoms with Crippen LogP contribution in [0.3, 0.4) is 0 Å². The summed E-state index contributed by atoms with van der Waals surface area (Å²) in [5.41, 5.74) is -0.900. The number of nitrogens with one attached hydrogen (secondary N) is 1. The van der Waals surface area contributed by atoms with Crippen molar-refractivity contribution in [1.82, 2.24) is 19.8 Å². The lowest BCUT2D eigenvalue weighted by atomic mass is 10.1. The molecule has 29 heavy (non-hydrogen) atoms. The molecule has 1 aliphatic heterocycles. The third-order valence-electron chi connectivity index (χ3n) is 5.67. The zero-order valence-electron chi connectivity index (χ0n) is 17.2. The smallest absolute Gasteiger partial charge is 0.313 e. The highest BCUT2D eigenvalue weighted by molar-refractivity contribution is 5.78. The lowest BCUT2D eigenvalue weighted by Gasteiger charge is -2.31. The van der Waals surface area contributed by atoms with Crippen molar-refractivity contribution in [2.24, 2.45) is 0 Å². The van der Waals surface area contributed by atoms with Crippen molar-refractivity contribution in [2.75, 3.05) is 19.6 Å². The maximum absolute atomic E-state index is 13.1. The van der Waals surface area contributed by atoms with E-state index < -0.39 is 17.3 Å². The van der Waals surface area contributed by atoms with E-state index >= 15 is 0 Å². The monoisotopic (exact) mass is 410 g/mol. The van der Waals surface area contributed by atoms with E-state index in [2.05, 4.69) is 24.1 Å². The number of rotatable bonds is 5. The molecule has 0 bridgehead atoms. The molecular weight excluding hydrogens is 381 g/mol. The van der Waals surface area contributed by atoms with Gasteiger partial charge in [-0.05, 0) is 44.9 Å². The summed E-state index contributed by atoms with van der Waals surface area (Å²) in [6.45, 7) is 9.06. The molecular formula is C21H29F3N4O. The minimum Gasteiger partial charge on any atom is -0.313 e. The van der Waals surface area contributed by atoms with E-state index in [9.17, 15) is 18.0 Å². The second-order valence-corrected chi connectivity index (χ2v) is 7.73. The van der Waals surface area contributed by atoms with Gasteiger partial charge in [0.25, 0.3) is 5.56 Å². The Hall–Kier alpha value is -1.93. The van der Waals surface area contributed by atoms with Crippen LogP contribution in [0.2, 0.25) is 0 Å². The van der Waals surface area contributed by atoms with E-state index in [1.165, 1.54) is 6.07 Å². The number of fused-ring (bicyclic) bond motifs is 1. The van der Waals surface area contributed by atoms with Gasteiger partial charge in [-0.3, -0.25) is 14.3 Å². The summed E-state index contributed by atoms with van der Waals surface area (Å²) >= 11 is 0. The Morgan fingerprint density at radius 1 is 1.28 bits per heavy atom. The average molecular weight is 410 g/mol. The van der Waals surface area contributed by atoms with Gasteiger partial charge in [-0.25, -0.2) is 4.98 Å². The summed E-state index contributed by atoms with van der Waals surface area (Å²) < 4.78 is 40.9. The highest BCUT2D eigenvalue weighted by atomic mass is 19.4. The molecule has 0 amide bonds. The fourth-order valence-electron chi connectivity index (χ4n) is 4.06. The first-order valence-electron chi connectivity index (χ1n) is 10.3. The molecule has 0 radical (unpaired) electrons. The lowest BCUT2D eigenvalue weighted by molar-refractivity contribution is -0.137. The maximum atomic E-state index is 13.1. The number of alkyl halides is 3. The molecule has 1 aromatic carbocycles. The second-order valence-electron chi connectivity index (χ2n) is 7.73. The van der Waals surface area contributed by atoms with Crippen molar-refractivity contribution >= 4 is 10.9 Å². The third-order valence-corrected chi connectivity index (χ3v) is 5.67. The van der Waals surface area contributed by atoms with Crippen molar-refractivity contribution in [2.45, 2.75) is 64.8 Å². The largest absolute Gasteiger partial charge is 0.416 e. The number of hydrogen-bond acceptors (Lipinski definition) is 4. The molecule has 1 N–H and O–H groups in total. The average Bonchev–Trinajstić information content (AvgIpc) is 2.89. The van der Waals surface area contributed by atoms with Crippen molar-refractivity contribution in [3.05, 3.63) is 39.9 Å². The highest BCUT2D eigenvalue weighted by Gasteiger charge is 2.32. The highest BCUT2D eigenvalue weighted by Crippen LogP contribution is 2.31. The van der Waals surface area contributed by atoms with Crippen LogP contribution in [-0.2, 0) is 12.7 Å². The maximum Gasteiger partial charge on any atom is 0.416 e. The molecule has 0 saturated carbocycles. The molecule has 8 heteroatoms. The summed E-state index contributed by atoms with van der Waals surface area (Å²) in [5, 5.41) is 3.50. The Morgan fingerprint density at radius 2 is 2.03 bits per heavy atom. The van der Waals surface area contributed by atoms with Gasteiger partial charge < -0.3 is 5.32 Å². The van der Waals surface area contributed by atoms with Gasteiger partial charge in [0.05, 0.1) is 22.5 Å². The van der Waals surface area contributed by atoms with Gasteiger partial charge >= 0.3 is 6.18 Å². The van der Waals surface area contributed by atoms with Crippen LogP contribution in [0.5, 0.6) is 0 Å². The predicted molar refractivity (Wildman–Crippen MR) is 108 cm³/mol. The Kier molecular flexibility index (Phi) is 6.63. The molecule has 0 spiro atoms. The predicted octanol–water partition coefficient (Wildman–Crippen LogP) is 3.96. The topological polar surface area (TPSA) is 50.2 Å². The van der Waals surface area contributed by atoms with Gasteiger partial charge in [-0.2, -0.15) is 13.2 Å². The van der Waals surface area contributed by atoms with Crippen molar-refractivity contribution < 1.29 is 13.2 Å². The van der Waals surface area contributed by atoms with Crippen LogP contribution >= 0.6 is 0 Å². The van der Waals surface area contributed by atoms with Gasteiger partial charge in [-0.15, -0.1) is 0 Å². The fourth-order valence-corrected chi connectivity index (χ4v) is 4.06. The SMILES string of the molecule is CCCC(c1nc2ccc(C(F)(F)F)cc2c(=O)n1CC)N1CCN[C@@H](C)CC1. The first-order chi connectivity index (χ1) is 13.8. The zero-order valence-corrected chi connectivity index (χ0v) is 17.2. The molecule has 3 rings (SSSR count). The zero-order chi connectivity index (χ0) is 21.2. The van der Waals surface area contributed by atoms with Crippen LogP contribution in [-0.4, -0.2) is 40.1 Å². The Bertz CT molecular complexity index is 909. The Morgan fingerprint density at radius 3 is 2.69 bits per heavy atom. The standard InChI is InChI=1S/C21H29F3N4O/c1-4-6-18(27-11-9-14(3)25-10-12-27)19-26-17-8-7-15(21(22,23)24)13-16(17)20(29)28(19)5-2/h7-8,13-14,18,25H,4-6,9-12H2,1-3H3/t14-,18?/m0/s1. The molecule has 1 saturated heterocycles. The van der Waals surface area contributed by atoms with E-state index in [-0.39, 0.29) is 11.4 Å². The van der Waals surface area contributed by atoms with E-state index in [0.29, 0.717) is 23.9 Å². The molecule has 1 aliphatic rings. The van der Waals surface area contributed by atoms with Crippen LogP contribution < -0.4 is 10.9 Å². The minimum atomic E-state index is -4.49. The molecule has 1 fully saturated rings. The fraction of sp³-hybridized carbons (Fsp3) is 0.619. The minimum absolute atomic E-state index is 0.0202. The van der Waals surface area contributed by atoms with Crippen LogP contribution in [0, 0.1) is 0 Å².